The van der Waals surface area contributed by atoms with Crippen LogP contribution in [-0.2, 0) is 0 Å². The predicted molar refractivity (Wildman–Crippen MR) is 58.4 cm³/mol. The summed E-state index contributed by atoms with van der Waals surface area (Å²) in [4.78, 5) is 2.32. The average Bonchev–Trinajstić information content (AvgIpc) is 2.04. The van der Waals surface area contributed by atoms with Crippen LogP contribution in [0.2, 0.25) is 0 Å². The Hall–Kier alpha value is -0.570. The molecule has 2 aliphatic rings. The van der Waals surface area contributed by atoms with Crippen molar-refractivity contribution in [2.45, 2.75) is 32.1 Å². The lowest BCUT2D eigenvalue weighted by Gasteiger charge is -2.39. The second-order valence-corrected chi connectivity index (χ2v) is 4.83. The van der Waals surface area contributed by atoms with Crippen LogP contribution in [0.15, 0.2) is 0 Å². The number of nitrogens with two attached hydrogens (primary N) is 1. The Morgan fingerprint density at radius 2 is 1.71 bits per heavy atom. The molecule has 0 aromatic rings. The van der Waals surface area contributed by atoms with Crippen LogP contribution in [0.1, 0.15) is 32.1 Å². The number of rotatable bonds is 3. The van der Waals surface area contributed by atoms with E-state index in [1.807, 2.05) is 0 Å². The van der Waals surface area contributed by atoms with Gasteiger partial charge in [0.25, 0.3) is 0 Å². The van der Waals surface area contributed by atoms with Crippen LogP contribution in [0.4, 0.5) is 0 Å². The van der Waals surface area contributed by atoms with E-state index >= 15 is 0 Å². The minimum Gasteiger partial charge on any atom is -0.387 e. The van der Waals surface area contributed by atoms with Crippen LogP contribution in [0.5, 0.6) is 0 Å². The molecule has 0 amide bonds. The molecule has 80 valence electrons. The fourth-order valence-corrected chi connectivity index (χ4v) is 2.73. The van der Waals surface area contributed by atoms with Crippen LogP contribution < -0.4 is 5.73 Å². The van der Waals surface area contributed by atoms with Crippen molar-refractivity contribution in [3.05, 3.63) is 0 Å². The van der Waals surface area contributed by atoms with Crippen LogP contribution in [0, 0.1) is 17.2 Å². The van der Waals surface area contributed by atoms with Crippen molar-refractivity contribution in [1.82, 2.24) is 4.90 Å². The number of piperidine rings is 1. The van der Waals surface area contributed by atoms with Gasteiger partial charge in [0.15, 0.2) is 0 Å². The molecule has 0 radical (unpaired) electrons. The molecule has 0 atom stereocenters. The minimum absolute atomic E-state index is 0.312. The van der Waals surface area contributed by atoms with Crippen molar-refractivity contribution >= 4 is 5.84 Å². The van der Waals surface area contributed by atoms with Crippen molar-refractivity contribution in [2.75, 3.05) is 19.6 Å². The van der Waals surface area contributed by atoms with E-state index in [0.29, 0.717) is 12.4 Å². The summed E-state index contributed by atoms with van der Waals surface area (Å²) in [5.74, 6) is 2.33. The SMILES string of the molecule is N=C(N)CN1CCC(C2CCC2)CC1. The molecule has 2 rings (SSSR count). The molecule has 1 saturated carbocycles. The van der Waals surface area contributed by atoms with E-state index in [2.05, 4.69) is 4.90 Å². The second-order valence-electron chi connectivity index (χ2n) is 4.83. The number of amidine groups is 1. The third-order valence-corrected chi connectivity index (χ3v) is 3.84. The molecule has 1 heterocycles. The molecule has 1 saturated heterocycles. The second kappa shape index (κ2) is 4.30. The Morgan fingerprint density at radius 1 is 1.14 bits per heavy atom. The van der Waals surface area contributed by atoms with Crippen molar-refractivity contribution in [1.29, 1.82) is 5.41 Å². The zero-order chi connectivity index (χ0) is 9.97. The van der Waals surface area contributed by atoms with Crippen molar-refractivity contribution < 1.29 is 0 Å². The van der Waals surface area contributed by atoms with Gasteiger partial charge < -0.3 is 5.73 Å². The van der Waals surface area contributed by atoms with E-state index in [0.717, 1.165) is 24.9 Å². The maximum atomic E-state index is 7.25. The summed E-state index contributed by atoms with van der Waals surface area (Å²) in [6.45, 7) is 2.98. The molecule has 3 heteroatoms. The van der Waals surface area contributed by atoms with Gasteiger partial charge >= 0.3 is 0 Å². The fraction of sp³-hybridized carbons (Fsp3) is 0.909. The van der Waals surface area contributed by atoms with Crippen molar-refractivity contribution in [3.63, 3.8) is 0 Å². The molecule has 1 aliphatic heterocycles. The molecule has 1 aliphatic carbocycles. The van der Waals surface area contributed by atoms with Gasteiger partial charge in [-0.15, -0.1) is 0 Å². The highest BCUT2D eigenvalue weighted by Crippen LogP contribution is 2.38. The van der Waals surface area contributed by atoms with Gasteiger partial charge in [0.1, 0.15) is 5.84 Å². The van der Waals surface area contributed by atoms with E-state index in [1.54, 1.807) is 0 Å². The predicted octanol–water partition coefficient (Wildman–Crippen LogP) is 1.43. The molecular weight excluding hydrogens is 174 g/mol. The first-order valence-electron chi connectivity index (χ1n) is 5.81. The van der Waals surface area contributed by atoms with Crippen LogP contribution in [-0.4, -0.2) is 30.4 Å². The Kier molecular flexibility index (Phi) is 3.06. The smallest absolute Gasteiger partial charge is 0.105 e. The monoisotopic (exact) mass is 195 g/mol. The quantitative estimate of drug-likeness (QED) is 0.529. The van der Waals surface area contributed by atoms with Gasteiger partial charge in [-0.25, -0.2) is 0 Å². The molecule has 0 bridgehead atoms. The van der Waals surface area contributed by atoms with Crippen LogP contribution >= 0.6 is 0 Å². The summed E-state index contributed by atoms with van der Waals surface area (Å²) in [6, 6.07) is 0. The van der Waals surface area contributed by atoms with Gasteiger partial charge in [0.05, 0.1) is 6.54 Å². The Morgan fingerprint density at radius 3 is 2.14 bits per heavy atom. The van der Waals surface area contributed by atoms with Gasteiger partial charge in [-0.3, -0.25) is 10.3 Å². The number of nitrogens with one attached hydrogen (secondary N) is 1. The molecule has 0 aromatic carbocycles. The third kappa shape index (κ3) is 2.27. The van der Waals surface area contributed by atoms with E-state index in [-0.39, 0.29) is 0 Å². The number of likely N-dealkylation sites (tertiary alicyclic amines) is 1. The van der Waals surface area contributed by atoms with Gasteiger partial charge in [-0.1, -0.05) is 19.3 Å². The first-order valence-corrected chi connectivity index (χ1v) is 5.81. The lowest BCUT2D eigenvalue weighted by Crippen LogP contribution is -2.41. The molecule has 0 aromatic heterocycles. The molecule has 14 heavy (non-hydrogen) atoms. The standard InChI is InChI=1S/C11H21N3/c12-11(13)8-14-6-4-10(5-7-14)9-2-1-3-9/h9-10H,1-8H2,(H3,12,13). The fourth-order valence-electron chi connectivity index (χ4n) is 2.73. The van der Waals surface area contributed by atoms with E-state index in [1.165, 1.54) is 32.1 Å². The first kappa shape index (κ1) is 9.97. The lowest BCUT2D eigenvalue weighted by molar-refractivity contribution is 0.116. The molecule has 2 fully saturated rings. The molecular formula is C11H21N3. The largest absolute Gasteiger partial charge is 0.387 e. The summed E-state index contributed by atoms with van der Waals surface area (Å²) in [6.07, 6.45) is 7.06. The Balaban J connectivity index is 1.71. The summed E-state index contributed by atoms with van der Waals surface area (Å²) in [5.41, 5.74) is 5.40. The summed E-state index contributed by atoms with van der Waals surface area (Å²) >= 11 is 0. The highest BCUT2D eigenvalue weighted by molar-refractivity contribution is 5.78. The minimum atomic E-state index is 0.312. The normalized spacial score (nSPS) is 26.0. The summed E-state index contributed by atoms with van der Waals surface area (Å²) in [5, 5.41) is 7.25. The third-order valence-electron chi connectivity index (χ3n) is 3.84. The molecule has 3 N–H and O–H groups in total. The Labute approximate surface area is 86.2 Å². The Bertz CT molecular complexity index is 203. The van der Waals surface area contributed by atoms with E-state index in [9.17, 15) is 0 Å². The number of hydrogen-bond acceptors (Lipinski definition) is 2. The number of nitrogens with zero attached hydrogens (tertiary/aromatic N) is 1. The average molecular weight is 195 g/mol. The highest BCUT2D eigenvalue weighted by Gasteiger charge is 2.30. The van der Waals surface area contributed by atoms with Crippen LogP contribution in [0.25, 0.3) is 0 Å². The maximum absolute atomic E-state index is 7.25. The number of hydrogen-bond donors (Lipinski definition) is 2. The first-order chi connectivity index (χ1) is 6.75. The van der Waals surface area contributed by atoms with Gasteiger partial charge in [0.2, 0.25) is 0 Å². The van der Waals surface area contributed by atoms with Gasteiger partial charge in [-0.2, -0.15) is 0 Å². The summed E-state index contributed by atoms with van der Waals surface area (Å²) < 4.78 is 0. The molecule has 0 spiro atoms. The van der Waals surface area contributed by atoms with Crippen molar-refractivity contribution in [2.24, 2.45) is 17.6 Å². The molecule has 0 unspecified atom stereocenters. The molecule has 3 nitrogen and oxygen atoms in total. The van der Waals surface area contributed by atoms with Gasteiger partial charge in [-0.05, 0) is 37.8 Å². The van der Waals surface area contributed by atoms with Crippen LogP contribution in [0.3, 0.4) is 0 Å². The van der Waals surface area contributed by atoms with Crippen molar-refractivity contribution in [3.8, 4) is 0 Å². The van der Waals surface area contributed by atoms with E-state index in [4.69, 9.17) is 11.1 Å². The summed E-state index contributed by atoms with van der Waals surface area (Å²) in [7, 11) is 0. The zero-order valence-corrected chi connectivity index (χ0v) is 8.84. The van der Waals surface area contributed by atoms with E-state index < -0.39 is 0 Å². The maximum Gasteiger partial charge on any atom is 0.105 e. The topological polar surface area (TPSA) is 53.1 Å². The zero-order valence-electron chi connectivity index (χ0n) is 8.84. The highest BCUT2D eigenvalue weighted by atomic mass is 15.1. The lowest BCUT2D eigenvalue weighted by atomic mass is 9.72. The van der Waals surface area contributed by atoms with Gasteiger partial charge in [0, 0.05) is 0 Å².